The summed E-state index contributed by atoms with van der Waals surface area (Å²) < 4.78 is 0.841. The molecule has 4 atom stereocenters. The molecular formula is C26H33IN4O4. The normalized spacial score (nSPS) is 18.7. The maximum absolute atomic E-state index is 13.1. The van der Waals surface area contributed by atoms with Gasteiger partial charge in [0.25, 0.3) is 11.8 Å². The van der Waals surface area contributed by atoms with Gasteiger partial charge in [-0.2, -0.15) is 0 Å². The molecular weight excluding hydrogens is 559 g/mol. The number of amides is 2. The second kappa shape index (κ2) is 13.0. The minimum atomic E-state index is -1.87. The van der Waals surface area contributed by atoms with E-state index in [0.29, 0.717) is 6.54 Å². The van der Waals surface area contributed by atoms with Crippen LogP contribution in [0, 0.1) is 0 Å². The molecule has 3 rings (SSSR count). The Kier molecular flexibility index (Phi) is 10.1. The Bertz CT molecular complexity index is 1000. The van der Waals surface area contributed by atoms with Gasteiger partial charge in [-0.15, -0.1) is 0 Å². The average Bonchev–Trinajstić information content (AvgIpc) is 2.90. The monoisotopic (exact) mass is 592 g/mol. The molecule has 1 fully saturated rings. The highest BCUT2D eigenvalue weighted by molar-refractivity contribution is 14.1. The number of nitrogens with one attached hydrogen (secondary N) is 1. The largest absolute Gasteiger partial charge is 0.380 e. The van der Waals surface area contributed by atoms with E-state index < -0.39 is 30.1 Å². The SMILES string of the molecule is C[C@@H](NC(=O)[C@H](O)[C@@H](O)C(=O)N1CCCCC1c1ccccc1)c1ccc(N(N)/C=C\CI)cc1. The van der Waals surface area contributed by atoms with Crippen molar-refractivity contribution in [1.82, 2.24) is 10.2 Å². The van der Waals surface area contributed by atoms with Crippen LogP contribution in [0.2, 0.25) is 0 Å². The number of aliphatic hydroxyl groups is 2. The molecule has 1 unspecified atom stereocenters. The molecule has 1 aliphatic heterocycles. The van der Waals surface area contributed by atoms with E-state index in [9.17, 15) is 19.8 Å². The van der Waals surface area contributed by atoms with Crippen LogP contribution in [0.1, 0.15) is 49.4 Å². The van der Waals surface area contributed by atoms with Crippen LogP contribution in [0.5, 0.6) is 0 Å². The number of hydrogen-bond donors (Lipinski definition) is 4. The summed E-state index contributed by atoms with van der Waals surface area (Å²) in [6.45, 7) is 2.23. The number of alkyl halides is 1. The number of carbonyl (C=O) groups is 2. The van der Waals surface area contributed by atoms with Crippen LogP contribution in [0.4, 0.5) is 5.69 Å². The van der Waals surface area contributed by atoms with Gasteiger partial charge in [0.2, 0.25) is 0 Å². The molecule has 8 nitrogen and oxygen atoms in total. The number of allylic oxidation sites excluding steroid dienone is 1. The Morgan fingerprint density at radius 2 is 1.83 bits per heavy atom. The molecule has 188 valence electrons. The van der Waals surface area contributed by atoms with Crippen LogP contribution < -0.4 is 16.2 Å². The van der Waals surface area contributed by atoms with Crippen molar-refractivity contribution in [3.8, 4) is 0 Å². The third kappa shape index (κ3) is 7.03. The third-order valence-corrected chi connectivity index (χ3v) is 6.70. The van der Waals surface area contributed by atoms with E-state index in [1.165, 1.54) is 5.01 Å². The topological polar surface area (TPSA) is 119 Å². The van der Waals surface area contributed by atoms with Crippen LogP contribution in [0.15, 0.2) is 66.9 Å². The molecule has 1 saturated heterocycles. The van der Waals surface area contributed by atoms with Crippen LogP contribution in [-0.4, -0.2) is 50.1 Å². The van der Waals surface area contributed by atoms with E-state index in [-0.39, 0.29) is 6.04 Å². The zero-order valence-electron chi connectivity index (χ0n) is 19.8. The zero-order valence-corrected chi connectivity index (χ0v) is 21.9. The first-order chi connectivity index (χ1) is 16.8. The average molecular weight is 592 g/mol. The quantitative estimate of drug-likeness (QED) is 0.154. The summed E-state index contributed by atoms with van der Waals surface area (Å²) in [5, 5.41) is 25.3. The molecule has 5 N–H and O–H groups in total. The van der Waals surface area contributed by atoms with Gasteiger partial charge in [-0.3, -0.25) is 14.6 Å². The summed E-state index contributed by atoms with van der Waals surface area (Å²) in [5.74, 6) is 4.53. The third-order valence-electron chi connectivity index (χ3n) is 6.20. The Morgan fingerprint density at radius 1 is 1.14 bits per heavy atom. The van der Waals surface area contributed by atoms with E-state index in [1.54, 1.807) is 18.0 Å². The van der Waals surface area contributed by atoms with E-state index in [4.69, 9.17) is 5.84 Å². The molecule has 0 spiro atoms. The maximum atomic E-state index is 13.1. The van der Waals surface area contributed by atoms with E-state index in [0.717, 1.165) is 40.5 Å². The molecule has 0 saturated carbocycles. The van der Waals surface area contributed by atoms with Gasteiger partial charge >= 0.3 is 0 Å². The highest BCUT2D eigenvalue weighted by Crippen LogP contribution is 2.31. The van der Waals surface area contributed by atoms with Crippen molar-refractivity contribution < 1.29 is 19.8 Å². The second-order valence-electron chi connectivity index (χ2n) is 8.61. The van der Waals surface area contributed by atoms with Gasteiger partial charge in [-0.25, -0.2) is 5.84 Å². The van der Waals surface area contributed by atoms with Crippen LogP contribution >= 0.6 is 22.6 Å². The smallest absolute Gasteiger partial charge is 0.255 e. The fraction of sp³-hybridized carbons (Fsp3) is 0.385. The number of rotatable bonds is 9. The van der Waals surface area contributed by atoms with Gasteiger partial charge in [0.15, 0.2) is 12.2 Å². The molecule has 9 heteroatoms. The van der Waals surface area contributed by atoms with Crippen LogP contribution in [0.3, 0.4) is 0 Å². The van der Waals surface area contributed by atoms with Crippen molar-refractivity contribution in [3.63, 3.8) is 0 Å². The molecule has 1 heterocycles. The number of nitrogens with two attached hydrogens (primary N) is 1. The summed E-state index contributed by atoms with van der Waals surface area (Å²) in [6, 6.07) is 16.3. The Hall–Kier alpha value is -2.47. The van der Waals surface area contributed by atoms with E-state index in [1.807, 2.05) is 60.7 Å². The summed E-state index contributed by atoms with van der Waals surface area (Å²) in [7, 11) is 0. The highest BCUT2D eigenvalue weighted by atomic mass is 127. The lowest BCUT2D eigenvalue weighted by molar-refractivity contribution is -0.156. The van der Waals surface area contributed by atoms with Crippen molar-refractivity contribution in [1.29, 1.82) is 0 Å². The second-order valence-corrected chi connectivity index (χ2v) is 9.49. The predicted molar refractivity (Wildman–Crippen MR) is 144 cm³/mol. The first-order valence-electron chi connectivity index (χ1n) is 11.7. The number of likely N-dealkylation sites (tertiary alicyclic amines) is 1. The minimum Gasteiger partial charge on any atom is -0.380 e. The summed E-state index contributed by atoms with van der Waals surface area (Å²) in [4.78, 5) is 27.3. The van der Waals surface area contributed by atoms with Crippen molar-refractivity contribution in [3.05, 3.63) is 78.0 Å². The van der Waals surface area contributed by atoms with Gasteiger partial charge in [0.05, 0.1) is 17.8 Å². The van der Waals surface area contributed by atoms with Crippen LogP contribution in [-0.2, 0) is 9.59 Å². The van der Waals surface area contributed by atoms with E-state index in [2.05, 4.69) is 27.9 Å². The number of halogens is 1. The Labute approximate surface area is 219 Å². The molecule has 0 aliphatic carbocycles. The van der Waals surface area contributed by atoms with Crippen molar-refractivity contribution in [2.24, 2.45) is 5.84 Å². The molecule has 0 radical (unpaired) electrons. The lowest BCUT2D eigenvalue weighted by atomic mass is 9.94. The fourth-order valence-electron chi connectivity index (χ4n) is 4.22. The number of nitrogens with zero attached hydrogens (tertiary/aromatic N) is 2. The number of aliphatic hydroxyl groups excluding tert-OH is 2. The van der Waals surface area contributed by atoms with Gasteiger partial charge in [-0.1, -0.05) is 71.1 Å². The fourth-order valence-corrected chi connectivity index (χ4v) is 4.45. The number of anilines is 1. The number of benzene rings is 2. The lowest BCUT2D eigenvalue weighted by Gasteiger charge is -2.37. The molecule has 1 aliphatic rings. The summed E-state index contributed by atoms with van der Waals surface area (Å²) >= 11 is 2.22. The van der Waals surface area contributed by atoms with Crippen molar-refractivity contribution in [2.45, 2.75) is 50.5 Å². The molecule has 2 aromatic carbocycles. The molecule has 0 aromatic heterocycles. The minimum absolute atomic E-state index is 0.186. The Balaban J connectivity index is 1.62. The van der Waals surface area contributed by atoms with Crippen molar-refractivity contribution in [2.75, 3.05) is 16.0 Å². The number of hydrogen-bond acceptors (Lipinski definition) is 6. The predicted octanol–water partition coefficient (Wildman–Crippen LogP) is 2.97. The molecule has 2 amide bonds. The standard InChI is InChI=1S/C26H33IN4O4/c1-18(19-11-13-21(14-12-19)31(28)17-7-15-27)29-25(34)23(32)24(33)26(35)30-16-6-5-10-22(30)20-8-3-2-4-9-20/h2-4,7-9,11-14,17-18,22-24,32-33H,5-6,10,15-16,28H2,1H3,(H,29,34)/b17-7-/t18-,22?,23-,24-/m1/s1. The zero-order chi connectivity index (χ0) is 25.4. The summed E-state index contributed by atoms with van der Waals surface area (Å²) in [5.41, 5.74) is 2.55. The highest BCUT2D eigenvalue weighted by Gasteiger charge is 2.37. The van der Waals surface area contributed by atoms with Gasteiger partial charge < -0.3 is 20.4 Å². The number of hydrazine groups is 1. The Morgan fingerprint density at radius 3 is 2.49 bits per heavy atom. The first-order valence-corrected chi connectivity index (χ1v) is 13.2. The van der Waals surface area contributed by atoms with Gasteiger partial charge in [-0.05, 0) is 49.4 Å². The van der Waals surface area contributed by atoms with Gasteiger partial charge in [0.1, 0.15) is 0 Å². The molecule has 2 aromatic rings. The summed E-state index contributed by atoms with van der Waals surface area (Å²) in [6.07, 6.45) is 2.53. The lowest BCUT2D eigenvalue weighted by Crippen LogP contribution is -2.52. The first kappa shape index (κ1) is 27.1. The molecule has 35 heavy (non-hydrogen) atoms. The number of piperidine rings is 1. The van der Waals surface area contributed by atoms with Gasteiger partial charge in [0, 0.05) is 17.2 Å². The van der Waals surface area contributed by atoms with Crippen molar-refractivity contribution >= 4 is 40.1 Å². The van der Waals surface area contributed by atoms with E-state index >= 15 is 0 Å². The van der Waals surface area contributed by atoms with Crippen LogP contribution in [0.25, 0.3) is 0 Å². The molecule has 0 bridgehead atoms. The maximum Gasteiger partial charge on any atom is 0.255 e. The number of carbonyl (C=O) groups excluding carboxylic acids is 2.